The highest BCUT2D eigenvalue weighted by Crippen LogP contribution is 2.18. The van der Waals surface area contributed by atoms with Crippen molar-refractivity contribution in [3.8, 4) is 5.75 Å². The molecule has 0 radical (unpaired) electrons. The Morgan fingerprint density at radius 2 is 2.11 bits per heavy atom. The van der Waals surface area contributed by atoms with Crippen LogP contribution in [0.3, 0.4) is 0 Å². The number of benzene rings is 1. The predicted molar refractivity (Wildman–Crippen MR) is 105 cm³/mol. The summed E-state index contributed by atoms with van der Waals surface area (Å²) in [7, 11) is 1.59. The second-order valence-electron chi connectivity index (χ2n) is 6.39. The lowest BCUT2D eigenvalue weighted by Gasteiger charge is -2.07. The van der Waals surface area contributed by atoms with E-state index in [4.69, 9.17) is 4.74 Å². The Morgan fingerprint density at radius 1 is 1.22 bits per heavy atom. The number of aromatic nitrogens is 2. The van der Waals surface area contributed by atoms with Gasteiger partial charge in [-0.05, 0) is 54.5 Å². The third kappa shape index (κ3) is 5.17. The number of methoxy groups -OCH3 is 1. The highest BCUT2D eigenvalue weighted by atomic mass is 16.5. The highest BCUT2D eigenvalue weighted by Gasteiger charge is 2.07. The van der Waals surface area contributed by atoms with Crippen LogP contribution < -0.4 is 15.6 Å². The Kier molecular flexibility index (Phi) is 6.20. The second kappa shape index (κ2) is 8.98. The number of carbonyl (C=O) groups is 1. The molecule has 0 aliphatic heterocycles. The number of amides is 1. The molecule has 6 heteroatoms. The van der Waals surface area contributed by atoms with E-state index in [1.807, 2.05) is 36.5 Å². The maximum atomic E-state index is 12.2. The summed E-state index contributed by atoms with van der Waals surface area (Å²) in [5, 5.41) is 3.83. The summed E-state index contributed by atoms with van der Waals surface area (Å²) in [4.78, 5) is 31.2. The molecule has 0 spiro atoms. The van der Waals surface area contributed by atoms with Gasteiger partial charge in [0.05, 0.1) is 12.6 Å². The molecule has 0 bridgehead atoms. The van der Waals surface area contributed by atoms with Crippen LogP contribution in [0.25, 0.3) is 10.9 Å². The van der Waals surface area contributed by atoms with Crippen LogP contribution >= 0.6 is 0 Å². The summed E-state index contributed by atoms with van der Waals surface area (Å²) in [5.74, 6) is 0.645. The number of H-pyrrole nitrogens is 1. The molecule has 0 saturated heterocycles. The van der Waals surface area contributed by atoms with Crippen LogP contribution in [0.5, 0.6) is 5.75 Å². The largest absolute Gasteiger partial charge is 0.497 e. The van der Waals surface area contributed by atoms with Gasteiger partial charge in [0.25, 0.3) is 5.56 Å². The zero-order chi connectivity index (χ0) is 19.1. The second-order valence-corrected chi connectivity index (χ2v) is 6.39. The number of hydrogen-bond acceptors (Lipinski definition) is 4. The zero-order valence-electron chi connectivity index (χ0n) is 15.3. The third-order valence-corrected chi connectivity index (χ3v) is 4.44. The van der Waals surface area contributed by atoms with E-state index < -0.39 is 0 Å². The average Bonchev–Trinajstić information content (AvgIpc) is 2.70. The maximum absolute atomic E-state index is 12.2. The molecule has 6 nitrogen and oxygen atoms in total. The van der Waals surface area contributed by atoms with E-state index in [1.165, 1.54) is 0 Å². The maximum Gasteiger partial charge on any atom is 0.251 e. The molecule has 1 aromatic carbocycles. The molecule has 0 fully saturated rings. The van der Waals surface area contributed by atoms with Crippen LogP contribution in [0.2, 0.25) is 0 Å². The minimum atomic E-state index is -0.167. The number of nitrogens with one attached hydrogen (secondary N) is 2. The van der Waals surface area contributed by atoms with Gasteiger partial charge in [0.2, 0.25) is 5.91 Å². The number of pyridine rings is 2. The van der Waals surface area contributed by atoms with Gasteiger partial charge < -0.3 is 15.0 Å². The highest BCUT2D eigenvalue weighted by molar-refractivity contribution is 5.81. The molecular formula is C21H23N3O3. The molecule has 140 valence electrons. The minimum Gasteiger partial charge on any atom is -0.497 e. The molecule has 3 aromatic rings. The predicted octanol–water partition coefficient (Wildman–Crippen LogP) is 2.61. The van der Waals surface area contributed by atoms with Crippen LogP contribution in [0.4, 0.5) is 0 Å². The minimum absolute atomic E-state index is 0.0459. The van der Waals surface area contributed by atoms with Crippen LogP contribution in [0, 0.1) is 0 Å². The molecule has 3 rings (SSSR count). The lowest BCUT2D eigenvalue weighted by atomic mass is 10.1. The van der Waals surface area contributed by atoms with E-state index >= 15 is 0 Å². The zero-order valence-corrected chi connectivity index (χ0v) is 15.3. The van der Waals surface area contributed by atoms with Gasteiger partial charge in [-0.25, -0.2) is 0 Å². The van der Waals surface area contributed by atoms with E-state index in [9.17, 15) is 9.59 Å². The van der Waals surface area contributed by atoms with Crippen molar-refractivity contribution in [2.24, 2.45) is 0 Å². The summed E-state index contributed by atoms with van der Waals surface area (Å²) < 4.78 is 5.17. The molecule has 0 aliphatic carbocycles. The first-order chi connectivity index (χ1) is 13.2. The van der Waals surface area contributed by atoms with Crippen molar-refractivity contribution in [3.63, 3.8) is 0 Å². The fraction of sp³-hybridized carbons (Fsp3) is 0.286. The van der Waals surface area contributed by atoms with Gasteiger partial charge in [-0.1, -0.05) is 6.07 Å². The number of aryl methyl sites for hydroxylation is 2. The molecular weight excluding hydrogens is 342 g/mol. The lowest BCUT2D eigenvalue weighted by Crippen LogP contribution is -2.26. The quantitative estimate of drug-likeness (QED) is 0.601. The van der Waals surface area contributed by atoms with Gasteiger partial charge in [-0.3, -0.25) is 14.6 Å². The van der Waals surface area contributed by atoms with E-state index in [1.54, 1.807) is 19.4 Å². The number of carbonyl (C=O) groups excluding carboxylic acids is 1. The van der Waals surface area contributed by atoms with Gasteiger partial charge in [-0.15, -0.1) is 0 Å². The summed E-state index contributed by atoms with van der Waals surface area (Å²) in [6, 6.07) is 11.3. The van der Waals surface area contributed by atoms with Crippen molar-refractivity contribution in [2.75, 3.05) is 13.7 Å². The van der Waals surface area contributed by atoms with Gasteiger partial charge in [0, 0.05) is 37.0 Å². The summed E-state index contributed by atoms with van der Waals surface area (Å²) in [5.41, 5.74) is 2.33. The van der Waals surface area contributed by atoms with Crippen LogP contribution in [-0.4, -0.2) is 29.5 Å². The molecule has 0 atom stereocenters. The average molecular weight is 365 g/mol. The molecule has 27 heavy (non-hydrogen) atoms. The Balaban J connectivity index is 1.49. The fourth-order valence-corrected chi connectivity index (χ4v) is 2.94. The number of nitrogens with zero attached hydrogens (tertiary/aromatic N) is 1. The van der Waals surface area contributed by atoms with Crippen LogP contribution in [0.1, 0.15) is 24.0 Å². The Hall–Kier alpha value is -3.15. The molecule has 1 amide bonds. The molecule has 0 saturated carbocycles. The van der Waals surface area contributed by atoms with Crippen LogP contribution in [-0.2, 0) is 17.6 Å². The van der Waals surface area contributed by atoms with E-state index in [-0.39, 0.29) is 17.9 Å². The van der Waals surface area contributed by atoms with Gasteiger partial charge >= 0.3 is 0 Å². The fourth-order valence-electron chi connectivity index (χ4n) is 2.94. The monoisotopic (exact) mass is 365 g/mol. The summed E-state index contributed by atoms with van der Waals surface area (Å²) in [6.45, 7) is 0.613. The normalized spacial score (nSPS) is 10.7. The third-order valence-electron chi connectivity index (χ3n) is 4.44. The number of aromatic amines is 1. The first-order valence-corrected chi connectivity index (χ1v) is 9.01. The van der Waals surface area contributed by atoms with Crippen molar-refractivity contribution in [3.05, 3.63) is 70.3 Å². The molecule has 0 aliphatic rings. The number of rotatable bonds is 8. The Labute approximate surface area is 157 Å². The molecule has 0 unspecified atom stereocenters. The van der Waals surface area contributed by atoms with Crippen molar-refractivity contribution >= 4 is 16.8 Å². The molecule has 2 N–H and O–H groups in total. The summed E-state index contributed by atoms with van der Waals surface area (Å²) >= 11 is 0. The smallest absolute Gasteiger partial charge is 0.251 e. The topological polar surface area (TPSA) is 84.1 Å². The Morgan fingerprint density at radius 3 is 2.89 bits per heavy atom. The van der Waals surface area contributed by atoms with Gasteiger partial charge in [0.15, 0.2) is 0 Å². The van der Waals surface area contributed by atoms with E-state index in [2.05, 4.69) is 15.3 Å². The summed E-state index contributed by atoms with van der Waals surface area (Å²) in [6.07, 6.45) is 6.01. The van der Waals surface area contributed by atoms with Crippen molar-refractivity contribution in [1.82, 2.24) is 15.3 Å². The van der Waals surface area contributed by atoms with Crippen LogP contribution in [0.15, 0.2) is 53.6 Å². The number of ether oxygens (including phenoxy) is 1. The first kappa shape index (κ1) is 18.6. The number of hydrogen-bond donors (Lipinski definition) is 2. The van der Waals surface area contributed by atoms with Gasteiger partial charge in [-0.2, -0.15) is 0 Å². The first-order valence-electron chi connectivity index (χ1n) is 9.01. The number of fused-ring (bicyclic) bond motifs is 1. The standard InChI is InChI=1S/C21H23N3O3/c1-27-18-8-6-16-12-17(21(26)24-19(16)13-18)7-9-20(25)23-11-3-5-15-4-2-10-22-14-15/h2,4,6,8,10,12-14H,3,5,7,9,11H2,1H3,(H,23,25)(H,24,26). The van der Waals surface area contributed by atoms with E-state index in [0.717, 1.165) is 29.3 Å². The molecule has 2 heterocycles. The van der Waals surface area contributed by atoms with Crippen molar-refractivity contribution < 1.29 is 9.53 Å². The molecule has 2 aromatic heterocycles. The van der Waals surface area contributed by atoms with Crippen molar-refractivity contribution in [1.29, 1.82) is 0 Å². The van der Waals surface area contributed by atoms with Gasteiger partial charge in [0.1, 0.15) is 5.75 Å². The lowest BCUT2D eigenvalue weighted by molar-refractivity contribution is -0.121. The Bertz CT molecular complexity index is 967. The van der Waals surface area contributed by atoms with Crippen molar-refractivity contribution in [2.45, 2.75) is 25.7 Å². The van der Waals surface area contributed by atoms with E-state index in [0.29, 0.717) is 24.3 Å². The SMILES string of the molecule is COc1ccc2cc(CCC(=O)NCCCc3cccnc3)c(=O)[nH]c2c1.